The minimum absolute atomic E-state index is 0.0966. The molecule has 1 aromatic heterocycles. The summed E-state index contributed by atoms with van der Waals surface area (Å²) in [5.41, 5.74) is 17.3. The summed E-state index contributed by atoms with van der Waals surface area (Å²) in [4.78, 5) is 0. The number of aliphatic hydroxyl groups excluding tert-OH is 1. The minimum Gasteiger partial charge on any atom is -0.508 e. The van der Waals surface area contributed by atoms with Crippen LogP contribution in [0.25, 0.3) is 22.7 Å². The number of benzene rings is 5. The lowest BCUT2D eigenvalue weighted by Gasteiger charge is -2.49. The summed E-state index contributed by atoms with van der Waals surface area (Å²) < 4.78 is 22.0. The van der Waals surface area contributed by atoms with Crippen molar-refractivity contribution in [2.24, 2.45) is 17.6 Å². The van der Waals surface area contributed by atoms with Crippen LogP contribution < -0.4 is 15.8 Å². The topological polar surface area (TPSA) is 152 Å². The molecular weight excluding hydrogens is 875 g/mol. The van der Waals surface area contributed by atoms with Gasteiger partial charge in [-0.15, -0.1) is 0 Å². The highest BCUT2D eigenvalue weighted by Crippen LogP contribution is 2.52. The third kappa shape index (κ3) is 9.26. The molecule has 0 spiro atoms. The first-order valence-corrected chi connectivity index (χ1v) is 25.5. The highest BCUT2D eigenvalue weighted by molar-refractivity contribution is 5.88. The number of phenols is 3. The summed E-state index contributed by atoms with van der Waals surface area (Å²) in [5.74, 6) is 2.12. The summed E-state index contributed by atoms with van der Waals surface area (Å²) in [6, 6.07) is 30.4. The summed E-state index contributed by atoms with van der Waals surface area (Å²) in [6.07, 6.45) is 21.7. The number of ether oxygens (including phenoxy) is 3. The van der Waals surface area contributed by atoms with E-state index in [0.717, 1.165) is 114 Å². The van der Waals surface area contributed by atoms with Gasteiger partial charge in [-0.1, -0.05) is 98.2 Å². The zero-order chi connectivity index (χ0) is 47.8. The molecular formula is C60H65N3O7. The molecule has 12 rings (SSSR count). The standard InChI is InChI=1S/C60H65N3O7/c61-57-23-18-43-35-69-50(12-4-2-1-3-8-38-14-21-54(65)44(26-38)27-39-9-7-11-49(64)28-39)32-56(67)42-16-20-51-41(29-42)17-22-55(66)58(51)70-36-46-31-48(30-45-33-63(34-52(45)46)59(43)62-57)60-24-25-68-37-47(60)19-15-40-10-5-6-13-53(40)60/h5-7,9-11,13-14,16-18,20-23,26,28,30-31,33-34,42,47,50,56-57,62,64-67H,1-4,8,12,15,19,24-25,27,29,32,35-37,61H2/t42-,47+,50-,56-,57?,60+/m0/s1. The molecule has 4 aliphatic heterocycles. The second-order valence-corrected chi connectivity index (χ2v) is 20.4. The van der Waals surface area contributed by atoms with Gasteiger partial charge in [0.1, 0.15) is 23.9 Å². The Labute approximate surface area is 410 Å². The molecule has 10 heteroatoms. The molecule has 362 valence electrons. The number of aliphatic hydroxyl groups is 1. The number of phenolic OH excluding ortho intramolecular Hbond substituents is 3. The molecule has 2 aliphatic carbocycles. The number of hydrogen-bond acceptors (Lipinski definition) is 9. The molecule has 6 aliphatic rings. The van der Waals surface area contributed by atoms with Crippen molar-refractivity contribution in [2.45, 2.75) is 107 Å². The first-order valence-electron chi connectivity index (χ1n) is 25.5. The number of nitrogens with zero attached hydrogens (tertiary/aromatic N) is 1. The molecule has 0 amide bonds. The van der Waals surface area contributed by atoms with E-state index in [9.17, 15) is 20.4 Å². The Balaban J connectivity index is 0.881. The Kier molecular flexibility index (Phi) is 13.1. The lowest BCUT2D eigenvalue weighted by atomic mass is 9.57. The van der Waals surface area contributed by atoms with Gasteiger partial charge in [-0.3, -0.25) is 0 Å². The van der Waals surface area contributed by atoms with Crippen molar-refractivity contribution >= 4 is 22.7 Å². The number of hydrogen-bond donors (Lipinski definition) is 6. The molecule has 6 aromatic rings. The van der Waals surface area contributed by atoms with E-state index in [2.05, 4.69) is 76.9 Å². The van der Waals surface area contributed by atoms with Crippen LogP contribution in [-0.4, -0.2) is 63.2 Å². The third-order valence-corrected chi connectivity index (χ3v) is 15.9. The van der Waals surface area contributed by atoms with Crippen molar-refractivity contribution in [2.75, 3.05) is 19.8 Å². The van der Waals surface area contributed by atoms with Crippen molar-refractivity contribution in [3.8, 4) is 23.0 Å². The number of fused-ring (bicyclic) bond motifs is 8. The third-order valence-electron chi connectivity index (χ3n) is 15.9. The predicted molar refractivity (Wildman–Crippen MR) is 275 cm³/mol. The molecule has 5 heterocycles. The first kappa shape index (κ1) is 46.1. The lowest BCUT2D eigenvalue weighted by molar-refractivity contribution is 0.00497. The normalized spacial score (nSPS) is 24.1. The van der Waals surface area contributed by atoms with E-state index in [1.165, 1.54) is 22.3 Å². The van der Waals surface area contributed by atoms with Crippen LogP contribution in [0.1, 0.15) is 101 Å². The van der Waals surface area contributed by atoms with E-state index in [4.69, 9.17) is 19.9 Å². The molecule has 0 radical (unpaired) electrons. The molecule has 1 fully saturated rings. The maximum atomic E-state index is 12.0. The van der Waals surface area contributed by atoms with Crippen LogP contribution in [0.15, 0.2) is 127 Å². The summed E-state index contributed by atoms with van der Waals surface area (Å²) in [6.45, 7) is 2.01. The van der Waals surface area contributed by atoms with E-state index >= 15 is 0 Å². The molecule has 70 heavy (non-hydrogen) atoms. The fourth-order valence-corrected chi connectivity index (χ4v) is 12.2. The Bertz CT molecular complexity index is 2990. The highest BCUT2D eigenvalue weighted by atomic mass is 16.5. The van der Waals surface area contributed by atoms with Crippen LogP contribution in [0.3, 0.4) is 0 Å². The quantitative estimate of drug-likeness (QED) is 0.0738. The molecule has 7 N–H and O–H groups in total. The molecule has 0 saturated carbocycles. The van der Waals surface area contributed by atoms with Crippen LogP contribution >= 0.6 is 0 Å². The van der Waals surface area contributed by atoms with Gasteiger partial charge in [-0.2, -0.15) is 0 Å². The van der Waals surface area contributed by atoms with Crippen LogP contribution in [0.2, 0.25) is 0 Å². The maximum absolute atomic E-state index is 12.0. The number of dihydropyridines is 1. The van der Waals surface area contributed by atoms with E-state index < -0.39 is 6.10 Å². The number of unbranched alkanes of at least 4 members (excludes halogenated alkanes) is 3. The first-order chi connectivity index (χ1) is 34.2. The number of aromatic nitrogens is 1. The zero-order valence-corrected chi connectivity index (χ0v) is 39.9. The van der Waals surface area contributed by atoms with E-state index in [1.54, 1.807) is 24.3 Å². The van der Waals surface area contributed by atoms with Gasteiger partial charge in [0.25, 0.3) is 0 Å². The summed E-state index contributed by atoms with van der Waals surface area (Å²) >= 11 is 0. The Hall–Kier alpha value is -6.30. The predicted octanol–water partition coefficient (Wildman–Crippen LogP) is 10.3. The van der Waals surface area contributed by atoms with Crippen LogP contribution in [0.5, 0.6) is 23.0 Å². The maximum Gasteiger partial charge on any atom is 0.168 e. The number of aromatic hydroxyl groups is 3. The van der Waals surface area contributed by atoms with Crippen LogP contribution in [0.4, 0.5) is 0 Å². The second kappa shape index (κ2) is 19.8. The van der Waals surface area contributed by atoms with Crippen molar-refractivity contribution in [1.29, 1.82) is 0 Å². The van der Waals surface area contributed by atoms with E-state index in [-0.39, 0.29) is 47.5 Å². The average molecular weight is 940 g/mol. The second-order valence-electron chi connectivity index (χ2n) is 20.4. The molecule has 1 unspecified atom stereocenters. The largest absolute Gasteiger partial charge is 0.508 e. The number of aryl methyl sites for hydroxylation is 2. The van der Waals surface area contributed by atoms with Crippen molar-refractivity contribution in [3.63, 3.8) is 0 Å². The van der Waals surface area contributed by atoms with Gasteiger partial charge in [-0.05, 0) is 132 Å². The Morgan fingerprint density at radius 1 is 0.800 bits per heavy atom. The van der Waals surface area contributed by atoms with Crippen molar-refractivity contribution < 1.29 is 34.6 Å². The molecule has 6 bridgehead atoms. The van der Waals surface area contributed by atoms with Gasteiger partial charge < -0.3 is 50.3 Å². The fraction of sp³-hybridized carbons (Fsp3) is 0.367. The fourth-order valence-electron chi connectivity index (χ4n) is 12.2. The monoisotopic (exact) mass is 939 g/mol. The average Bonchev–Trinajstić information content (AvgIpc) is 3.81. The minimum atomic E-state index is -0.641. The number of nitrogens with one attached hydrogen (secondary N) is 1. The van der Waals surface area contributed by atoms with Gasteiger partial charge in [0.05, 0.1) is 31.6 Å². The molecule has 10 nitrogen and oxygen atoms in total. The Morgan fingerprint density at radius 2 is 1.69 bits per heavy atom. The lowest BCUT2D eigenvalue weighted by Crippen LogP contribution is -2.47. The zero-order valence-electron chi connectivity index (χ0n) is 39.9. The molecule has 5 aromatic carbocycles. The Morgan fingerprint density at radius 3 is 2.60 bits per heavy atom. The van der Waals surface area contributed by atoms with Gasteiger partial charge in [0.2, 0.25) is 0 Å². The van der Waals surface area contributed by atoms with Gasteiger partial charge in [0.15, 0.2) is 11.5 Å². The van der Waals surface area contributed by atoms with Gasteiger partial charge in [-0.25, -0.2) is 0 Å². The van der Waals surface area contributed by atoms with Crippen LogP contribution in [-0.2, 0) is 47.2 Å². The van der Waals surface area contributed by atoms with E-state index in [1.807, 2.05) is 36.4 Å². The van der Waals surface area contributed by atoms with E-state index in [0.29, 0.717) is 44.1 Å². The van der Waals surface area contributed by atoms with Crippen molar-refractivity contribution in [3.05, 3.63) is 177 Å². The summed E-state index contributed by atoms with van der Waals surface area (Å²) in [5, 5.41) is 49.6. The van der Waals surface area contributed by atoms with Crippen LogP contribution in [0, 0.1) is 11.8 Å². The molecule has 1 saturated heterocycles. The number of nitrogens with two attached hydrogens (primary N) is 1. The molecule has 6 atom stereocenters. The number of rotatable bonds is 10. The van der Waals surface area contributed by atoms with Crippen molar-refractivity contribution in [1.82, 2.24) is 9.88 Å². The van der Waals surface area contributed by atoms with Gasteiger partial charge >= 0.3 is 0 Å². The smallest absolute Gasteiger partial charge is 0.168 e. The van der Waals surface area contributed by atoms with Gasteiger partial charge in [0, 0.05) is 65.1 Å². The summed E-state index contributed by atoms with van der Waals surface area (Å²) in [7, 11) is 0. The highest BCUT2D eigenvalue weighted by Gasteiger charge is 2.47. The SMILES string of the molecule is NC1C=CC2=C(N1)n1cc3cc([C@@]45CCOC[C@H]4CCc4ccccc45)cc(c3c1)COc1c(O)ccc3c1C=C[C@@H](C3)[C@@H](O)C[C@H](CCCCCCc1ccc(O)c(Cc3cccc(O)c3)c1)OC2.